The van der Waals surface area contributed by atoms with Gasteiger partial charge in [0.15, 0.2) is 6.29 Å². The third kappa shape index (κ3) is 10.3. The van der Waals surface area contributed by atoms with E-state index >= 15 is 0 Å². The van der Waals surface area contributed by atoms with Crippen LogP contribution >= 0.6 is 0 Å². The second kappa shape index (κ2) is 18.8. The molecule has 6 atom stereocenters. The highest BCUT2D eigenvalue weighted by atomic mass is 32.2. The first-order chi connectivity index (χ1) is 28.5. The molecular weight excluding hydrogens is 759 g/mol. The summed E-state index contributed by atoms with van der Waals surface area (Å²) in [6, 6.07) is 45.7. The highest BCUT2D eigenvalue weighted by Crippen LogP contribution is 2.42. The number of rotatable bonds is 15. The van der Waals surface area contributed by atoms with Crippen molar-refractivity contribution in [2.75, 3.05) is 13.6 Å². The lowest BCUT2D eigenvalue weighted by Crippen LogP contribution is -2.47. The molecule has 0 aromatic heterocycles. The van der Waals surface area contributed by atoms with Gasteiger partial charge >= 0.3 is 0 Å². The Morgan fingerprint density at radius 1 is 0.763 bits per heavy atom. The fourth-order valence-electron chi connectivity index (χ4n) is 7.61. The molecular formula is C49H53N3O6S. The molecule has 306 valence electrons. The van der Waals surface area contributed by atoms with Gasteiger partial charge in [0.25, 0.3) is 0 Å². The Labute approximate surface area is 348 Å². The highest BCUT2D eigenvalue weighted by Gasteiger charge is 2.39. The van der Waals surface area contributed by atoms with E-state index in [1.165, 1.54) is 16.3 Å². The standard InChI is InChI=1S/C49H53N3O6S/c1-33-14-26-44(27-15-33)59(55,56)51-45(28-36-10-6-5-7-11-36)48(54)50-30-37-16-22-41(23-17-37)49-57-46(34(2)47(58-49)40-20-18-38(32-53)19-21-40)31-52(4)35(3)42-25-24-39-12-8-9-13-43(39)29-42/h5-27,29,34-35,45-47,49,51,53H,28,30-32H2,1-4H3,(H,50,54). The van der Waals surface area contributed by atoms with E-state index in [9.17, 15) is 18.3 Å². The molecule has 6 unspecified atom stereocenters. The summed E-state index contributed by atoms with van der Waals surface area (Å²) in [5.41, 5.74) is 6.53. The molecule has 3 N–H and O–H groups in total. The Balaban J connectivity index is 1.06. The first kappa shape index (κ1) is 41.9. The minimum Gasteiger partial charge on any atom is -0.392 e. The third-order valence-corrected chi connectivity index (χ3v) is 12.9. The van der Waals surface area contributed by atoms with Crippen molar-refractivity contribution in [2.24, 2.45) is 5.92 Å². The average molecular weight is 812 g/mol. The molecule has 10 heteroatoms. The molecule has 1 heterocycles. The summed E-state index contributed by atoms with van der Waals surface area (Å²) in [6.45, 7) is 7.10. The van der Waals surface area contributed by atoms with Crippen LogP contribution in [-0.4, -0.2) is 50.1 Å². The number of sulfonamides is 1. The topological polar surface area (TPSA) is 117 Å². The number of likely N-dealkylation sites (N-methyl/N-ethyl adjacent to an activating group) is 1. The first-order valence-electron chi connectivity index (χ1n) is 20.2. The van der Waals surface area contributed by atoms with Gasteiger partial charge in [-0.1, -0.05) is 140 Å². The average Bonchev–Trinajstić information content (AvgIpc) is 3.26. The number of hydrogen-bond acceptors (Lipinski definition) is 7. The maximum absolute atomic E-state index is 13.7. The van der Waals surface area contributed by atoms with Gasteiger partial charge in [-0.05, 0) is 84.1 Å². The molecule has 1 saturated heterocycles. The predicted molar refractivity (Wildman–Crippen MR) is 232 cm³/mol. The maximum Gasteiger partial charge on any atom is 0.241 e. The van der Waals surface area contributed by atoms with E-state index in [1.54, 1.807) is 24.3 Å². The Kier molecular flexibility index (Phi) is 13.4. The highest BCUT2D eigenvalue weighted by molar-refractivity contribution is 7.89. The smallest absolute Gasteiger partial charge is 0.241 e. The number of aliphatic hydroxyl groups excluding tert-OH is 1. The molecule has 7 rings (SSSR count). The number of aryl methyl sites for hydroxylation is 1. The molecule has 6 aromatic carbocycles. The number of amides is 1. The van der Waals surface area contributed by atoms with Crippen LogP contribution in [0.5, 0.6) is 0 Å². The summed E-state index contributed by atoms with van der Waals surface area (Å²) in [6.07, 6.45) is -0.904. The summed E-state index contributed by atoms with van der Waals surface area (Å²) < 4.78 is 42.9. The SMILES string of the molecule is Cc1ccc(S(=O)(=O)NC(Cc2ccccc2)C(=O)NCc2ccc(C3OC(CN(C)C(C)c4ccc5ccccc5c4)C(C)C(c4ccc(CO)cc4)O3)cc2)cc1. The van der Waals surface area contributed by atoms with Gasteiger partial charge in [-0.2, -0.15) is 4.72 Å². The van der Waals surface area contributed by atoms with Crippen LogP contribution in [0.4, 0.5) is 0 Å². The zero-order valence-corrected chi connectivity index (χ0v) is 34.8. The lowest BCUT2D eigenvalue weighted by molar-refractivity contribution is -0.276. The first-order valence-corrected chi connectivity index (χ1v) is 21.6. The summed E-state index contributed by atoms with van der Waals surface area (Å²) in [4.78, 5) is 16.1. The number of carbonyl (C=O) groups excluding carboxylic acids is 1. The van der Waals surface area contributed by atoms with Crippen molar-refractivity contribution in [3.05, 3.63) is 185 Å². The van der Waals surface area contributed by atoms with Gasteiger partial charge < -0.3 is 19.9 Å². The van der Waals surface area contributed by atoms with E-state index in [1.807, 2.05) is 85.8 Å². The summed E-state index contributed by atoms with van der Waals surface area (Å²) in [7, 11) is -1.84. The van der Waals surface area contributed by atoms with Crippen LogP contribution in [0, 0.1) is 12.8 Å². The summed E-state index contributed by atoms with van der Waals surface area (Å²) in [5.74, 6) is -0.416. The van der Waals surface area contributed by atoms with E-state index in [2.05, 4.69) is 78.3 Å². The van der Waals surface area contributed by atoms with Crippen LogP contribution in [0.25, 0.3) is 10.8 Å². The van der Waals surface area contributed by atoms with Gasteiger partial charge in [-0.25, -0.2) is 8.42 Å². The number of fused-ring (bicyclic) bond motifs is 1. The fourth-order valence-corrected chi connectivity index (χ4v) is 8.80. The number of nitrogens with one attached hydrogen (secondary N) is 2. The number of ether oxygens (including phenoxy) is 2. The van der Waals surface area contributed by atoms with Gasteiger partial charge in [0, 0.05) is 30.6 Å². The van der Waals surface area contributed by atoms with Crippen LogP contribution in [0.3, 0.4) is 0 Å². The van der Waals surface area contributed by atoms with Crippen molar-refractivity contribution in [1.82, 2.24) is 14.9 Å². The van der Waals surface area contributed by atoms with Crippen molar-refractivity contribution >= 4 is 26.7 Å². The van der Waals surface area contributed by atoms with E-state index in [0.717, 1.165) is 33.4 Å². The van der Waals surface area contributed by atoms with Crippen molar-refractivity contribution < 1.29 is 27.8 Å². The molecule has 0 radical (unpaired) electrons. The van der Waals surface area contributed by atoms with Crippen LogP contribution in [-0.2, 0) is 43.9 Å². The van der Waals surface area contributed by atoms with Crippen LogP contribution in [0.2, 0.25) is 0 Å². The van der Waals surface area contributed by atoms with Crippen molar-refractivity contribution in [2.45, 2.75) is 75.8 Å². The number of hydrogen-bond donors (Lipinski definition) is 3. The zero-order valence-electron chi connectivity index (χ0n) is 34.0. The van der Waals surface area contributed by atoms with Crippen LogP contribution < -0.4 is 10.0 Å². The maximum atomic E-state index is 13.7. The van der Waals surface area contributed by atoms with E-state index in [-0.39, 0.29) is 48.6 Å². The minimum atomic E-state index is -3.97. The monoisotopic (exact) mass is 811 g/mol. The third-order valence-electron chi connectivity index (χ3n) is 11.5. The molecule has 0 saturated carbocycles. The number of carbonyl (C=O) groups is 1. The Morgan fingerprint density at radius 2 is 1.41 bits per heavy atom. The van der Waals surface area contributed by atoms with E-state index < -0.39 is 28.3 Å². The number of aliphatic hydroxyl groups is 1. The number of benzene rings is 6. The molecule has 1 aliphatic heterocycles. The van der Waals surface area contributed by atoms with Gasteiger partial charge in [0.05, 0.1) is 23.7 Å². The summed E-state index contributed by atoms with van der Waals surface area (Å²) >= 11 is 0. The van der Waals surface area contributed by atoms with Crippen molar-refractivity contribution in [1.29, 1.82) is 0 Å². The van der Waals surface area contributed by atoms with Crippen molar-refractivity contribution in [3.8, 4) is 0 Å². The predicted octanol–water partition coefficient (Wildman–Crippen LogP) is 8.33. The van der Waals surface area contributed by atoms with Gasteiger partial charge in [-0.3, -0.25) is 9.69 Å². The summed E-state index contributed by atoms with van der Waals surface area (Å²) in [5, 5.41) is 15.1. The van der Waals surface area contributed by atoms with Gasteiger partial charge in [0.2, 0.25) is 15.9 Å². The molecule has 0 aliphatic carbocycles. The molecule has 6 aromatic rings. The molecule has 1 aliphatic rings. The van der Waals surface area contributed by atoms with Crippen LogP contribution in [0.1, 0.15) is 71.2 Å². The van der Waals surface area contributed by atoms with Gasteiger partial charge in [0.1, 0.15) is 6.04 Å². The van der Waals surface area contributed by atoms with E-state index in [4.69, 9.17) is 9.47 Å². The zero-order chi connectivity index (χ0) is 41.5. The Hall–Kier alpha value is -5.20. The van der Waals surface area contributed by atoms with Gasteiger partial charge in [-0.15, -0.1) is 0 Å². The minimum absolute atomic E-state index is 0.0132. The molecule has 0 bridgehead atoms. The number of nitrogens with zero attached hydrogens (tertiary/aromatic N) is 1. The Morgan fingerprint density at radius 3 is 2.10 bits per heavy atom. The molecule has 59 heavy (non-hydrogen) atoms. The molecule has 1 fully saturated rings. The lowest BCUT2D eigenvalue weighted by Gasteiger charge is -2.43. The molecule has 1 amide bonds. The van der Waals surface area contributed by atoms with Crippen molar-refractivity contribution in [3.63, 3.8) is 0 Å². The van der Waals surface area contributed by atoms with E-state index in [0.29, 0.717) is 6.54 Å². The molecule has 9 nitrogen and oxygen atoms in total. The fraction of sp³-hybridized carbons (Fsp3) is 0.286. The lowest BCUT2D eigenvalue weighted by atomic mass is 9.89. The largest absolute Gasteiger partial charge is 0.392 e. The second-order valence-electron chi connectivity index (χ2n) is 15.7. The van der Waals surface area contributed by atoms with Crippen LogP contribution in [0.15, 0.2) is 150 Å². The second-order valence-corrected chi connectivity index (χ2v) is 17.4. The quantitative estimate of drug-likeness (QED) is 0.0956. The Bertz CT molecular complexity index is 2430. The molecule has 0 spiro atoms. The normalized spacial score (nSPS) is 19.4.